The third kappa shape index (κ3) is 4.27. The molecule has 0 aromatic carbocycles. The molecule has 4 aliphatic rings. The van der Waals surface area contributed by atoms with E-state index in [2.05, 4.69) is 54.5 Å². The molecule has 3 fully saturated rings. The molecule has 32 heavy (non-hydrogen) atoms. The zero-order valence-electron chi connectivity index (χ0n) is 22.5. The normalized spacial score (nSPS) is 44.8. The van der Waals surface area contributed by atoms with E-state index in [1.165, 1.54) is 64.2 Å². The molecule has 4 aliphatic carbocycles. The lowest BCUT2D eigenvalue weighted by molar-refractivity contribution is -0.0887. The van der Waals surface area contributed by atoms with Gasteiger partial charge in [0.1, 0.15) is 0 Å². The van der Waals surface area contributed by atoms with Gasteiger partial charge in [0.05, 0.1) is 6.10 Å². The Bertz CT molecular complexity index is 676. The number of fused-ring (bicyclic) bond motifs is 5. The Labute approximate surface area is 200 Å². The average molecular weight is 443 g/mol. The van der Waals surface area contributed by atoms with Crippen molar-refractivity contribution in [2.75, 3.05) is 0 Å². The van der Waals surface area contributed by atoms with Crippen molar-refractivity contribution in [2.24, 2.45) is 58.2 Å². The second-order valence-corrected chi connectivity index (χ2v) is 14.1. The van der Waals surface area contributed by atoms with Gasteiger partial charge in [0.25, 0.3) is 0 Å². The van der Waals surface area contributed by atoms with Gasteiger partial charge < -0.3 is 5.11 Å². The van der Waals surface area contributed by atoms with Gasteiger partial charge in [0.15, 0.2) is 0 Å². The van der Waals surface area contributed by atoms with Gasteiger partial charge in [-0.15, -0.1) is 0 Å². The van der Waals surface area contributed by atoms with E-state index in [-0.39, 0.29) is 6.10 Å². The molecule has 4 rings (SSSR count). The fraction of sp³-hybridized carbons (Fsp3) is 0.935. The van der Waals surface area contributed by atoms with Gasteiger partial charge in [0.2, 0.25) is 0 Å². The third-order valence-electron chi connectivity index (χ3n) is 11.3. The van der Waals surface area contributed by atoms with Crippen molar-refractivity contribution in [3.05, 3.63) is 11.6 Å². The van der Waals surface area contributed by atoms with Crippen LogP contribution in [0.3, 0.4) is 0 Å². The average Bonchev–Trinajstić information content (AvgIpc) is 3.07. The number of hydrogen-bond donors (Lipinski definition) is 1. The van der Waals surface area contributed by atoms with Gasteiger partial charge in [0, 0.05) is 0 Å². The Morgan fingerprint density at radius 1 is 0.875 bits per heavy atom. The fourth-order valence-corrected chi connectivity index (χ4v) is 9.64. The highest BCUT2D eigenvalue weighted by Crippen LogP contribution is 2.67. The van der Waals surface area contributed by atoms with Gasteiger partial charge in [-0.3, -0.25) is 0 Å². The first kappa shape index (κ1) is 24.8. The zero-order chi connectivity index (χ0) is 23.3. The minimum atomic E-state index is -0.0677. The summed E-state index contributed by atoms with van der Waals surface area (Å²) in [5.41, 5.74) is 2.84. The van der Waals surface area contributed by atoms with Crippen molar-refractivity contribution >= 4 is 0 Å². The van der Waals surface area contributed by atoms with Crippen molar-refractivity contribution in [1.29, 1.82) is 0 Å². The highest BCUT2D eigenvalue weighted by Gasteiger charge is 2.59. The molecule has 1 N–H and O–H groups in total. The molecular weight excluding hydrogens is 388 g/mol. The molecule has 0 aromatic rings. The SMILES string of the molecule is CC(C)CCC[C@@H](C)[C@H]1CC[C@H]2C3=CCC4C(CC(C)C)C(O)CC[C@]4(C)[C@H]3CC[C@]12C. The van der Waals surface area contributed by atoms with Crippen LogP contribution in [-0.2, 0) is 0 Å². The molecule has 0 amide bonds. The van der Waals surface area contributed by atoms with E-state index in [1.807, 2.05) is 5.57 Å². The Morgan fingerprint density at radius 2 is 1.56 bits per heavy atom. The zero-order valence-corrected chi connectivity index (χ0v) is 22.5. The van der Waals surface area contributed by atoms with Crippen LogP contribution in [-0.4, -0.2) is 11.2 Å². The lowest BCUT2D eigenvalue weighted by Crippen LogP contribution is -2.53. The lowest BCUT2D eigenvalue weighted by atomic mass is 9.45. The quantitative estimate of drug-likeness (QED) is 0.391. The lowest BCUT2D eigenvalue weighted by Gasteiger charge is -2.60. The number of hydrogen-bond acceptors (Lipinski definition) is 1. The van der Waals surface area contributed by atoms with E-state index < -0.39 is 0 Å². The van der Waals surface area contributed by atoms with E-state index in [0.717, 1.165) is 36.0 Å². The number of rotatable bonds is 7. The first-order valence-electron chi connectivity index (χ1n) is 14.5. The molecular formula is C31H54O. The summed E-state index contributed by atoms with van der Waals surface area (Å²) in [5.74, 6) is 6.17. The number of allylic oxidation sites excluding steroid dienone is 2. The van der Waals surface area contributed by atoms with Crippen LogP contribution >= 0.6 is 0 Å². The second kappa shape index (κ2) is 9.39. The molecule has 0 radical (unpaired) electrons. The molecule has 0 saturated heterocycles. The summed E-state index contributed by atoms with van der Waals surface area (Å²) in [7, 11) is 0. The minimum absolute atomic E-state index is 0.0677. The fourth-order valence-electron chi connectivity index (χ4n) is 9.64. The summed E-state index contributed by atoms with van der Waals surface area (Å²) < 4.78 is 0. The van der Waals surface area contributed by atoms with Crippen LogP contribution in [0.15, 0.2) is 11.6 Å². The molecule has 0 spiro atoms. The van der Waals surface area contributed by atoms with Crippen LogP contribution in [0.2, 0.25) is 0 Å². The van der Waals surface area contributed by atoms with E-state index in [0.29, 0.717) is 28.6 Å². The van der Waals surface area contributed by atoms with E-state index in [9.17, 15) is 5.11 Å². The maximum atomic E-state index is 10.9. The van der Waals surface area contributed by atoms with E-state index >= 15 is 0 Å². The molecule has 184 valence electrons. The molecule has 1 nitrogen and oxygen atoms in total. The Balaban J connectivity index is 1.53. The third-order valence-corrected chi connectivity index (χ3v) is 11.3. The predicted octanol–water partition coefficient (Wildman–Crippen LogP) is 8.66. The van der Waals surface area contributed by atoms with Crippen LogP contribution in [0.4, 0.5) is 0 Å². The van der Waals surface area contributed by atoms with E-state index in [4.69, 9.17) is 0 Å². The first-order chi connectivity index (χ1) is 15.1. The van der Waals surface area contributed by atoms with Gasteiger partial charge in [-0.25, -0.2) is 0 Å². The summed E-state index contributed by atoms with van der Waals surface area (Å²) in [6.45, 7) is 17.3. The molecule has 0 heterocycles. The number of aliphatic hydroxyl groups is 1. The monoisotopic (exact) mass is 442 g/mol. The van der Waals surface area contributed by atoms with Crippen molar-refractivity contribution in [3.63, 3.8) is 0 Å². The van der Waals surface area contributed by atoms with E-state index in [1.54, 1.807) is 0 Å². The standard InChI is InChI=1S/C31H54O/c1-20(2)9-8-10-22(5)25-13-14-26-23-11-12-27-24(19-21(3)4)29(32)16-18-31(27,7)28(23)15-17-30(25,26)6/h11,20-22,24-29,32H,8-10,12-19H2,1-7H3/t22-,24?,25-,26+,27?,28+,29?,30-,31+/m1/s1. The molecule has 9 atom stereocenters. The largest absolute Gasteiger partial charge is 0.393 e. The summed E-state index contributed by atoms with van der Waals surface area (Å²) in [6.07, 6.45) is 17.4. The first-order valence-corrected chi connectivity index (χ1v) is 14.5. The van der Waals surface area contributed by atoms with Crippen molar-refractivity contribution in [3.8, 4) is 0 Å². The van der Waals surface area contributed by atoms with Crippen molar-refractivity contribution < 1.29 is 5.11 Å². The van der Waals surface area contributed by atoms with Gasteiger partial charge in [-0.1, -0.05) is 79.4 Å². The summed E-state index contributed by atoms with van der Waals surface area (Å²) >= 11 is 0. The Morgan fingerprint density at radius 3 is 2.25 bits per heavy atom. The minimum Gasteiger partial charge on any atom is -0.393 e. The maximum Gasteiger partial charge on any atom is 0.0571 e. The maximum absolute atomic E-state index is 10.9. The number of aliphatic hydroxyl groups excluding tert-OH is 1. The van der Waals surface area contributed by atoms with Gasteiger partial charge in [-0.2, -0.15) is 0 Å². The van der Waals surface area contributed by atoms with Crippen LogP contribution < -0.4 is 0 Å². The molecule has 0 bridgehead atoms. The molecule has 3 saturated carbocycles. The molecule has 0 aliphatic heterocycles. The van der Waals surface area contributed by atoms with Gasteiger partial charge in [-0.05, 0) is 110 Å². The predicted molar refractivity (Wildman–Crippen MR) is 137 cm³/mol. The highest BCUT2D eigenvalue weighted by molar-refractivity contribution is 5.28. The topological polar surface area (TPSA) is 20.2 Å². The Kier molecular flexibility index (Phi) is 7.28. The van der Waals surface area contributed by atoms with Crippen LogP contribution in [0.1, 0.15) is 119 Å². The van der Waals surface area contributed by atoms with Crippen molar-refractivity contribution in [1.82, 2.24) is 0 Å². The van der Waals surface area contributed by atoms with Crippen LogP contribution in [0.25, 0.3) is 0 Å². The molecule has 0 aromatic heterocycles. The molecule has 1 heteroatoms. The van der Waals surface area contributed by atoms with Gasteiger partial charge >= 0.3 is 0 Å². The second-order valence-electron chi connectivity index (χ2n) is 14.1. The van der Waals surface area contributed by atoms with Crippen LogP contribution in [0.5, 0.6) is 0 Å². The van der Waals surface area contributed by atoms with Crippen molar-refractivity contribution in [2.45, 2.75) is 125 Å². The summed E-state index contributed by atoms with van der Waals surface area (Å²) in [5, 5.41) is 10.9. The molecule has 3 unspecified atom stereocenters. The highest BCUT2D eigenvalue weighted by atomic mass is 16.3. The smallest absolute Gasteiger partial charge is 0.0571 e. The van der Waals surface area contributed by atoms with Crippen LogP contribution in [0, 0.1) is 58.2 Å². The summed E-state index contributed by atoms with van der Waals surface area (Å²) in [6, 6.07) is 0. The Hall–Kier alpha value is -0.300. The summed E-state index contributed by atoms with van der Waals surface area (Å²) in [4.78, 5) is 0.